The van der Waals surface area contributed by atoms with E-state index in [0.717, 1.165) is 16.5 Å². The van der Waals surface area contributed by atoms with Crippen molar-refractivity contribution in [1.29, 1.82) is 0 Å². The van der Waals surface area contributed by atoms with Gasteiger partial charge in [0.15, 0.2) is 0 Å². The van der Waals surface area contributed by atoms with E-state index in [-0.39, 0.29) is 5.63 Å². The zero-order valence-electron chi connectivity index (χ0n) is 11.4. The van der Waals surface area contributed by atoms with Crippen LogP contribution in [0.5, 0.6) is 5.75 Å². The molecule has 0 saturated carbocycles. The summed E-state index contributed by atoms with van der Waals surface area (Å²) in [6, 6.07) is 14.7. The van der Waals surface area contributed by atoms with E-state index in [2.05, 4.69) is 0 Å². The van der Waals surface area contributed by atoms with Crippen molar-refractivity contribution in [2.24, 2.45) is 0 Å². The van der Waals surface area contributed by atoms with Gasteiger partial charge < -0.3 is 9.15 Å². The van der Waals surface area contributed by atoms with Crippen molar-refractivity contribution in [3.63, 3.8) is 0 Å². The number of rotatable bonds is 3. The van der Waals surface area contributed by atoms with E-state index in [1.807, 2.05) is 37.3 Å². The Balaban J connectivity index is 1.95. The average Bonchev–Trinajstić information content (AvgIpc) is 2.47. The van der Waals surface area contributed by atoms with E-state index in [1.54, 1.807) is 12.1 Å². The highest BCUT2D eigenvalue weighted by atomic mass is 35.5. The summed E-state index contributed by atoms with van der Waals surface area (Å²) in [7, 11) is 0. The molecule has 3 nitrogen and oxygen atoms in total. The fraction of sp³-hybridized carbons (Fsp3) is 0.118. The number of aryl methyl sites for hydroxylation is 1. The highest BCUT2D eigenvalue weighted by molar-refractivity contribution is 6.32. The Morgan fingerprint density at radius 3 is 2.67 bits per heavy atom. The Hall–Kier alpha value is -2.26. The summed E-state index contributed by atoms with van der Waals surface area (Å²) in [4.78, 5) is 11.4. The minimum absolute atomic E-state index is 0.378. The predicted molar refractivity (Wildman–Crippen MR) is 83.0 cm³/mol. The van der Waals surface area contributed by atoms with Gasteiger partial charge in [0.1, 0.15) is 17.9 Å². The van der Waals surface area contributed by atoms with Gasteiger partial charge in [0.05, 0.1) is 5.02 Å². The van der Waals surface area contributed by atoms with E-state index in [9.17, 15) is 4.79 Å². The molecule has 3 rings (SSSR count). The SMILES string of the molecule is Cc1cc(=O)oc2cc(OCc3ccccc3)c(Cl)cc12. The lowest BCUT2D eigenvalue weighted by atomic mass is 10.1. The van der Waals surface area contributed by atoms with Gasteiger partial charge >= 0.3 is 5.63 Å². The standard InChI is InChI=1S/C17H13ClO3/c1-11-7-17(19)21-15-9-16(14(18)8-13(11)15)20-10-12-5-3-2-4-6-12/h2-9H,10H2,1H3. The molecule has 0 N–H and O–H groups in total. The average molecular weight is 301 g/mol. The molecule has 0 bridgehead atoms. The van der Waals surface area contributed by atoms with Crippen LogP contribution in [0, 0.1) is 6.92 Å². The summed E-state index contributed by atoms with van der Waals surface area (Å²) in [6.07, 6.45) is 0. The van der Waals surface area contributed by atoms with Crippen LogP contribution in [-0.4, -0.2) is 0 Å². The Labute approximate surface area is 126 Å². The fourth-order valence-electron chi connectivity index (χ4n) is 2.17. The van der Waals surface area contributed by atoms with Crippen LogP contribution in [0.1, 0.15) is 11.1 Å². The first kappa shape index (κ1) is 13.7. The first-order valence-corrected chi connectivity index (χ1v) is 6.92. The molecule has 0 spiro atoms. The van der Waals surface area contributed by atoms with Gasteiger partial charge in [-0.2, -0.15) is 0 Å². The van der Waals surface area contributed by atoms with Gasteiger partial charge in [0, 0.05) is 17.5 Å². The molecule has 0 unspecified atom stereocenters. The lowest BCUT2D eigenvalue weighted by Crippen LogP contribution is -1.99. The van der Waals surface area contributed by atoms with Crippen LogP contribution in [0.25, 0.3) is 11.0 Å². The van der Waals surface area contributed by atoms with Gasteiger partial charge in [-0.15, -0.1) is 0 Å². The van der Waals surface area contributed by atoms with Crippen LogP contribution < -0.4 is 10.4 Å². The van der Waals surface area contributed by atoms with Crippen molar-refractivity contribution in [3.05, 3.63) is 75.1 Å². The highest BCUT2D eigenvalue weighted by Crippen LogP contribution is 2.31. The van der Waals surface area contributed by atoms with Gasteiger partial charge in [0.25, 0.3) is 0 Å². The normalized spacial score (nSPS) is 10.8. The molecule has 1 aromatic heterocycles. The van der Waals surface area contributed by atoms with Crippen LogP contribution >= 0.6 is 11.6 Å². The van der Waals surface area contributed by atoms with Crippen LogP contribution in [0.4, 0.5) is 0 Å². The van der Waals surface area contributed by atoms with E-state index in [1.165, 1.54) is 6.07 Å². The van der Waals surface area contributed by atoms with Gasteiger partial charge in [-0.05, 0) is 24.1 Å². The van der Waals surface area contributed by atoms with Crippen LogP contribution in [0.2, 0.25) is 5.02 Å². The second-order valence-corrected chi connectivity index (χ2v) is 5.21. The lowest BCUT2D eigenvalue weighted by Gasteiger charge is -2.09. The Bertz CT molecular complexity index is 838. The molecule has 0 radical (unpaired) electrons. The van der Waals surface area contributed by atoms with Gasteiger partial charge in [0.2, 0.25) is 0 Å². The number of hydrogen-bond acceptors (Lipinski definition) is 3. The highest BCUT2D eigenvalue weighted by Gasteiger charge is 2.09. The van der Waals surface area contributed by atoms with E-state index in [0.29, 0.717) is 23.0 Å². The Morgan fingerprint density at radius 2 is 1.90 bits per heavy atom. The monoisotopic (exact) mass is 300 g/mol. The minimum Gasteiger partial charge on any atom is -0.487 e. The van der Waals surface area contributed by atoms with Crippen LogP contribution in [-0.2, 0) is 6.61 Å². The van der Waals surface area contributed by atoms with E-state index >= 15 is 0 Å². The van der Waals surface area contributed by atoms with Gasteiger partial charge in [-0.3, -0.25) is 0 Å². The molecule has 2 aromatic carbocycles. The molecule has 0 amide bonds. The fourth-order valence-corrected chi connectivity index (χ4v) is 2.38. The topological polar surface area (TPSA) is 39.4 Å². The summed E-state index contributed by atoms with van der Waals surface area (Å²) >= 11 is 6.24. The number of ether oxygens (including phenoxy) is 1. The van der Waals surface area contributed by atoms with Crippen LogP contribution in [0.15, 0.2) is 57.7 Å². The van der Waals surface area contributed by atoms with Crippen molar-refractivity contribution in [1.82, 2.24) is 0 Å². The first-order valence-electron chi connectivity index (χ1n) is 6.54. The van der Waals surface area contributed by atoms with E-state index < -0.39 is 0 Å². The summed E-state index contributed by atoms with van der Waals surface area (Å²) in [5, 5.41) is 1.31. The third kappa shape index (κ3) is 2.93. The third-order valence-electron chi connectivity index (χ3n) is 3.24. The molecule has 0 atom stereocenters. The smallest absolute Gasteiger partial charge is 0.336 e. The van der Waals surface area contributed by atoms with Crippen molar-refractivity contribution >= 4 is 22.6 Å². The Kier molecular flexibility index (Phi) is 3.67. The number of halogens is 1. The predicted octanol–water partition coefficient (Wildman–Crippen LogP) is 4.33. The van der Waals surface area contributed by atoms with Crippen LogP contribution in [0.3, 0.4) is 0 Å². The zero-order chi connectivity index (χ0) is 14.8. The molecule has 0 saturated heterocycles. The molecule has 1 heterocycles. The Morgan fingerprint density at radius 1 is 1.14 bits per heavy atom. The molecule has 106 valence electrons. The lowest BCUT2D eigenvalue weighted by molar-refractivity contribution is 0.306. The second-order valence-electron chi connectivity index (χ2n) is 4.80. The number of benzene rings is 2. The van der Waals surface area contributed by atoms with Crippen molar-refractivity contribution in [3.8, 4) is 5.75 Å². The molecular weight excluding hydrogens is 288 g/mol. The molecule has 0 aliphatic rings. The number of fused-ring (bicyclic) bond motifs is 1. The van der Waals surface area contributed by atoms with Crippen molar-refractivity contribution < 1.29 is 9.15 Å². The maximum absolute atomic E-state index is 11.4. The maximum atomic E-state index is 11.4. The molecule has 0 aliphatic carbocycles. The second kappa shape index (κ2) is 5.62. The number of hydrogen-bond donors (Lipinski definition) is 0. The zero-order valence-corrected chi connectivity index (χ0v) is 12.2. The molecular formula is C17H13ClO3. The van der Waals surface area contributed by atoms with Gasteiger partial charge in [-0.25, -0.2) is 4.79 Å². The first-order chi connectivity index (χ1) is 10.1. The largest absolute Gasteiger partial charge is 0.487 e. The molecule has 21 heavy (non-hydrogen) atoms. The molecule has 0 fully saturated rings. The minimum atomic E-state index is -0.378. The quantitative estimate of drug-likeness (QED) is 0.676. The third-order valence-corrected chi connectivity index (χ3v) is 3.54. The summed E-state index contributed by atoms with van der Waals surface area (Å²) in [5.74, 6) is 0.502. The maximum Gasteiger partial charge on any atom is 0.336 e. The molecule has 3 aromatic rings. The van der Waals surface area contributed by atoms with E-state index in [4.69, 9.17) is 20.8 Å². The summed E-state index contributed by atoms with van der Waals surface area (Å²) in [6.45, 7) is 2.25. The van der Waals surface area contributed by atoms with Crippen molar-refractivity contribution in [2.75, 3.05) is 0 Å². The molecule has 0 aliphatic heterocycles. The summed E-state index contributed by atoms with van der Waals surface area (Å²) < 4.78 is 10.9. The van der Waals surface area contributed by atoms with Gasteiger partial charge in [-0.1, -0.05) is 41.9 Å². The summed E-state index contributed by atoms with van der Waals surface area (Å²) in [5.41, 5.74) is 1.97. The molecule has 4 heteroatoms. The van der Waals surface area contributed by atoms with Crippen molar-refractivity contribution in [2.45, 2.75) is 13.5 Å².